The fourth-order valence-electron chi connectivity index (χ4n) is 1.22. The molecule has 0 aromatic carbocycles. The molecule has 0 aliphatic carbocycles. The summed E-state index contributed by atoms with van der Waals surface area (Å²) < 4.78 is 50.6. The Balaban J connectivity index is 3.59. The SMILES string of the molecule is CC(C)n1c(N)c(F)c(C(F)(F)F)nc1=O. The molecule has 90 valence electrons. The first kappa shape index (κ1) is 12.5. The number of nitrogen functional groups attached to an aromatic ring is 1. The van der Waals surface area contributed by atoms with Crippen LogP contribution in [0.25, 0.3) is 0 Å². The normalized spacial score (nSPS) is 12.2. The smallest absolute Gasteiger partial charge is 0.382 e. The molecule has 0 aliphatic rings. The zero-order chi connectivity index (χ0) is 12.7. The van der Waals surface area contributed by atoms with Crippen LogP contribution in [0.2, 0.25) is 0 Å². The van der Waals surface area contributed by atoms with Crippen LogP contribution in [0.15, 0.2) is 4.79 Å². The summed E-state index contributed by atoms with van der Waals surface area (Å²) in [6, 6.07) is -0.572. The van der Waals surface area contributed by atoms with E-state index in [1.165, 1.54) is 13.8 Å². The van der Waals surface area contributed by atoms with E-state index in [9.17, 15) is 22.4 Å². The van der Waals surface area contributed by atoms with Gasteiger partial charge in [-0.1, -0.05) is 0 Å². The highest BCUT2D eigenvalue weighted by molar-refractivity contribution is 5.34. The maximum absolute atomic E-state index is 13.2. The number of anilines is 1. The van der Waals surface area contributed by atoms with Gasteiger partial charge in [-0.3, -0.25) is 4.57 Å². The Hall–Kier alpha value is -1.60. The zero-order valence-electron chi connectivity index (χ0n) is 8.47. The summed E-state index contributed by atoms with van der Waals surface area (Å²) in [6.07, 6.45) is -5.03. The molecule has 1 rings (SSSR count). The Morgan fingerprint density at radius 3 is 2.25 bits per heavy atom. The van der Waals surface area contributed by atoms with Gasteiger partial charge >= 0.3 is 11.9 Å². The van der Waals surface area contributed by atoms with Gasteiger partial charge in [0.2, 0.25) is 0 Å². The second-order valence-corrected chi connectivity index (χ2v) is 3.40. The molecule has 8 heteroatoms. The van der Waals surface area contributed by atoms with Crippen LogP contribution >= 0.6 is 0 Å². The van der Waals surface area contributed by atoms with Crippen LogP contribution in [-0.4, -0.2) is 9.55 Å². The molecular weight excluding hydrogens is 230 g/mol. The van der Waals surface area contributed by atoms with Gasteiger partial charge in [0, 0.05) is 6.04 Å². The van der Waals surface area contributed by atoms with Gasteiger partial charge in [0.25, 0.3) is 0 Å². The van der Waals surface area contributed by atoms with Gasteiger partial charge in [-0.2, -0.15) is 18.2 Å². The summed E-state index contributed by atoms with van der Waals surface area (Å²) >= 11 is 0. The van der Waals surface area contributed by atoms with Crippen LogP contribution in [0.4, 0.5) is 23.4 Å². The minimum atomic E-state index is -5.03. The first-order valence-electron chi connectivity index (χ1n) is 4.31. The lowest BCUT2D eigenvalue weighted by molar-refractivity contribution is -0.144. The van der Waals surface area contributed by atoms with Gasteiger partial charge in [-0.15, -0.1) is 0 Å². The van der Waals surface area contributed by atoms with Gasteiger partial charge in [0.1, 0.15) is 5.82 Å². The lowest BCUT2D eigenvalue weighted by Crippen LogP contribution is -2.32. The van der Waals surface area contributed by atoms with Gasteiger partial charge in [0.05, 0.1) is 0 Å². The number of nitrogens with zero attached hydrogens (tertiary/aromatic N) is 2. The first-order chi connectivity index (χ1) is 7.16. The molecule has 16 heavy (non-hydrogen) atoms. The van der Waals surface area contributed by atoms with Crippen molar-refractivity contribution in [1.29, 1.82) is 0 Å². The zero-order valence-corrected chi connectivity index (χ0v) is 8.47. The number of halogens is 4. The fraction of sp³-hybridized carbons (Fsp3) is 0.500. The molecule has 0 saturated carbocycles. The Morgan fingerprint density at radius 1 is 1.38 bits per heavy atom. The largest absolute Gasteiger partial charge is 0.436 e. The predicted octanol–water partition coefficient (Wildman–Crippen LogP) is 1.56. The maximum Gasteiger partial charge on any atom is 0.436 e. The summed E-state index contributed by atoms with van der Waals surface area (Å²) in [5, 5.41) is 0. The third-order valence-electron chi connectivity index (χ3n) is 1.89. The van der Waals surface area contributed by atoms with E-state index in [0.29, 0.717) is 4.57 Å². The van der Waals surface area contributed by atoms with Gasteiger partial charge < -0.3 is 5.73 Å². The van der Waals surface area contributed by atoms with Gasteiger partial charge in [-0.05, 0) is 13.8 Å². The van der Waals surface area contributed by atoms with Crippen LogP contribution < -0.4 is 11.4 Å². The molecule has 1 aromatic heterocycles. The van der Waals surface area contributed by atoms with E-state index in [1.54, 1.807) is 0 Å². The van der Waals surface area contributed by atoms with Gasteiger partial charge in [0.15, 0.2) is 11.5 Å². The van der Waals surface area contributed by atoms with Crippen LogP contribution in [0, 0.1) is 5.82 Å². The molecule has 0 bridgehead atoms. The van der Waals surface area contributed by atoms with Crippen LogP contribution in [-0.2, 0) is 6.18 Å². The van der Waals surface area contributed by atoms with Crippen molar-refractivity contribution < 1.29 is 17.6 Å². The molecule has 0 atom stereocenters. The first-order valence-corrected chi connectivity index (χ1v) is 4.31. The number of alkyl halides is 3. The number of rotatable bonds is 1. The van der Waals surface area contributed by atoms with E-state index in [2.05, 4.69) is 4.98 Å². The molecule has 0 spiro atoms. The molecule has 0 amide bonds. The Bertz CT molecular complexity index is 464. The minimum Gasteiger partial charge on any atom is -0.382 e. The predicted molar refractivity (Wildman–Crippen MR) is 48.3 cm³/mol. The summed E-state index contributed by atoms with van der Waals surface area (Å²) in [4.78, 5) is 13.9. The van der Waals surface area contributed by atoms with E-state index in [-0.39, 0.29) is 0 Å². The van der Waals surface area contributed by atoms with Crippen molar-refractivity contribution in [1.82, 2.24) is 9.55 Å². The fourth-order valence-corrected chi connectivity index (χ4v) is 1.22. The average Bonchev–Trinajstić information content (AvgIpc) is 2.09. The van der Waals surface area contributed by atoms with E-state index < -0.39 is 35.2 Å². The van der Waals surface area contributed by atoms with Crippen LogP contribution in [0.3, 0.4) is 0 Å². The summed E-state index contributed by atoms with van der Waals surface area (Å²) in [5.41, 5.74) is 2.03. The Morgan fingerprint density at radius 2 is 1.88 bits per heavy atom. The van der Waals surface area contributed by atoms with Crippen LogP contribution in [0.1, 0.15) is 25.6 Å². The molecule has 1 heterocycles. The third-order valence-corrected chi connectivity index (χ3v) is 1.89. The highest BCUT2D eigenvalue weighted by Gasteiger charge is 2.38. The molecule has 0 aliphatic heterocycles. The van der Waals surface area contributed by atoms with Crippen molar-refractivity contribution in [2.45, 2.75) is 26.1 Å². The van der Waals surface area contributed by atoms with E-state index >= 15 is 0 Å². The molecule has 0 unspecified atom stereocenters. The molecule has 0 fully saturated rings. The van der Waals surface area contributed by atoms with Crippen molar-refractivity contribution >= 4 is 5.82 Å². The van der Waals surface area contributed by atoms with Crippen molar-refractivity contribution in [3.63, 3.8) is 0 Å². The van der Waals surface area contributed by atoms with E-state index in [1.807, 2.05) is 0 Å². The second kappa shape index (κ2) is 3.76. The lowest BCUT2D eigenvalue weighted by atomic mass is 10.3. The molecule has 2 N–H and O–H groups in total. The monoisotopic (exact) mass is 239 g/mol. The number of nitrogens with two attached hydrogens (primary N) is 1. The summed E-state index contributed by atoms with van der Waals surface area (Å²) in [6.45, 7) is 2.96. The van der Waals surface area contributed by atoms with Crippen molar-refractivity contribution in [2.75, 3.05) is 5.73 Å². The lowest BCUT2D eigenvalue weighted by Gasteiger charge is -2.15. The third kappa shape index (κ3) is 2.00. The minimum absolute atomic E-state index is 0.572. The van der Waals surface area contributed by atoms with Crippen molar-refractivity contribution in [3.05, 3.63) is 22.0 Å². The summed E-state index contributed by atoms with van der Waals surface area (Å²) in [7, 11) is 0. The highest BCUT2D eigenvalue weighted by atomic mass is 19.4. The second-order valence-electron chi connectivity index (χ2n) is 3.40. The topological polar surface area (TPSA) is 60.9 Å². The molecule has 4 nitrogen and oxygen atoms in total. The number of hydrogen-bond acceptors (Lipinski definition) is 3. The number of aromatic nitrogens is 2. The maximum atomic E-state index is 13.2. The average molecular weight is 239 g/mol. The highest BCUT2D eigenvalue weighted by Crippen LogP contribution is 2.30. The standard InChI is InChI=1S/C8H9F4N3O/c1-3(2)15-6(13)4(9)5(8(10,11)12)14-7(15)16/h3H,13H2,1-2H3. The number of hydrogen-bond donors (Lipinski definition) is 1. The molecule has 0 saturated heterocycles. The van der Waals surface area contributed by atoms with E-state index in [0.717, 1.165) is 0 Å². The Labute approximate surface area is 87.7 Å². The summed E-state index contributed by atoms with van der Waals surface area (Å²) in [5.74, 6) is -2.58. The molecular formula is C8H9F4N3O. The molecule has 1 aromatic rings. The molecule has 0 radical (unpaired) electrons. The van der Waals surface area contributed by atoms with Crippen LogP contribution in [0.5, 0.6) is 0 Å². The Kier molecular flexibility index (Phi) is 2.93. The van der Waals surface area contributed by atoms with Gasteiger partial charge in [-0.25, -0.2) is 9.18 Å². The van der Waals surface area contributed by atoms with Crippen molar-refractivity contribution in [2.24, 2.45) is 0 Å². The quantitative estimate of drug-likeness (QED) is 0.756. The van der Waals surface area contributed by atoms with Crippen molar-refractivity contribution in [3.8, 4) is 0 Å². The van der Waals surface area contributed by atoms with E-state index in [4.69, 9.17) is 5.73 Å².